The zero-order chi connectivity index (χ0) is 13.6. The first-order valence-corrected chi connectivity index (χ1v) is 6.20. The highest BCUT2D eigenvalue weighted by atomic mass is 35.5. The first-order valence-electron chi connectivity index (χ1n) is 5.82. The fourth-order valence-electron chi connectivity index (χ4n) is 1.50. The molecule has 0 bridgehead atoms. The molecule has 4 nitrogen and oxygen atoms in total. The number of ether oxygens (including phenoxy) is 1. The largest absolute Gasteiger partial charge is 0.494 e. The van der Waals surface area contributed by atoms with Crippen LogP contribution in [0.5, 0.6) is 5.75 Å². The standard InChI is InChI=1S/C13H19ClN2O2/c1-13(2,12(15)16-17)8-3-9-18-11-6-4-10(14)5-7-11/h4-7,17H,3,8-9H2,1-2H3,(H2,15,16). The number of hydrogen-bond acceptors (Lipinski definition) is 3. The maximum Gasteiger partial charge on any atom is 0.144 e. The highest BCUT2D eigenvalue weighted by Crippen LogP contribution is 2.23. The van der Waals surface area contributed by atoms with Crippen molar-refractivity contribution in [3.63, 3.8) is 0 Å². The molecule has 0 saturated heterocycles. The highest BCUT2D eigenvalue weighted by molar-refractivity contribution is 6.30. The van der Waals surface area contributed by atoms with Gasteiger partial charge in [0.2, 0.25) is 0 Å². The van der Waals surface area contributed by atoms with E-state index in [4.69, 9.17) is 27.3 Å². The second-order valence-corrected chi connectivity index (χ2v) is 5.21. The molecular formula is C13H19ClN2O2. The van der Waals surface area contributed by atoms with Gasteiger partial charge in [0.05, 0.1) is 6.61 Å². The molecule has 0 spiro atoms. The van der Waals surface area contributed by atoms with Crippen LogP contribution < -0.4 is 10.5 Å². The van der Waals surface area contributed by atoms with Gasteiger partial charge in [-0.25, -0.2) is 0 Å². The Morgan fingerprint density at radius 2 is 2.00 bits per heavy atom. The van der Waals surface area contributed by atoms with E-state index in [2.05, 4.69) is 5.16 Å². The van der Waals surface area contributed by atoms with Crippen LogP contribution in [0.25, 0.3) is 0 Å². The number of nitrogens with two attached hydrogens (primary N) is 1. The van der Waals surface area contributed by atoms with Crippen molar-refractivity contribution >= 4 is 17.4 Å². The zero-order valence-corrected chi connectivity index (χ0v) is 11.4. The summed E-state index contributed by atoms with van der Waals surface area (Å²) in [5.74, 6) is 1.04. The summed E-state index contributed by atoms with van der Waals surface area (Å²) in [4.78, 5) is 0. The van der Waals surface area contributed by atoms with Crippen molar-refractivity contribution < 1.29 is 9.94 Å². The minimum Gasteiger partial charge on any atom is -0.494 e. The molecule has 1 rings (SSSR count). The van der Waals surface area contributed by atoms with Gasteiger partial charge in [0.1, 0.15) is 11.6 Å². The fourth-order valence-corrected chi connectivity index (χ4v) is 1.62. The fraction of sp³-hybridized carbons (Fsp3) is 0.462. The third-order valence-electron chi connectivity index (χ3n) is 2.83. The molecule has 1 aromatic carbocycles. The van der Waals surface area contributed by atoms with Crippen LogP contribution in [0.4, 0.5) is 0 Å². The lowest BCUT2D eigenvalue weighted by molar-refractivity contribution is 0.277. The molecule has 0 amide bonds. The van der Waals surface area contributed by atoms with Gasteiger partial charge in [-0.05, 0) is 37.1 Å². The SMILES string of the molecule is CC(C)(CCCOc1ccc(Cl)cc1)C(N)=NO. The maximum absolute atomic E-state index is 8.65. The van der Waals surface area contributed by atoms with Crippen molar-refractivity contribution in [1.82, 2.24) is 0 Å². The molecule has 3 N–H and O–H groups in total. The van der Waals surface area contributed by atoms with E-state index in [9.17, 15) is 0 Å². The topological polar surface area (TPSA) is 67.8 Å². The van der Waals surface area contributed by atoms with Gasteiger partial charge in [-0.15, -0.1) is 0 Å². The quantitative estimate of drug-likeness (QED) is 0.274. The Labute approximate surface area is 112 Å². The van der Waals surface area contributed by atoms with Gasteiger partial charge >= 0.3 is 0 Å². The minimum absolute atomic E-state index is 0.244. The van der Waals surface area contributed by atoms with Crippen LogP contribution >= 0.6 is 11.6 Å². The Hall–Kier alpha value is -1.42. The van der Waals surface area contributed by atoms with E-state index in [0.29, 0.717) is 11.6 Å². The van der Waals surface area contributed by atoms with Gasteiger partial charge in [-0.2, -0.15) is 0 Å². The van der Waals surface area contributed by atoms with Gasteiger partial charge in [0.25, 0.3) is 0 Å². The van der Waals surface area contributed by atoms with E-state index in [1.54, 1.807) is 12.1 Å². The summed E-state index contributed by atoms with van der Waals surface area (Å²) < 4.78 is 5.57. The van der Waals surface area contributed by atoms with Crippen LogP contribution in [0, 0.1) is 5.41 Å². The minimum atomic E-state index is -0.321. The number of hydrogen-bond donors (Lipinski definition) is 2. The van der Waals surface area contributed by atoms with E-state index < -0.39 is 0 Å². The molecular weight excluding hydrogens is 252 g/mol. The molecule has 5 heteroatoms. The monoisotopic (exact) mass is 270 g/mol. The molecule has 0 saturated carbocycles. The molecule has 0 heterocycles. The van der Waals surface area contributed by atoms with Crippen molar-refractivity contribution in [1.29, 1.82) is 0 Å². The molecule has 100 valence electrons. The molecule has 0 radical (unpaired) electrons. The first-order chi connectivity index (χ1) is 8.45. The molecule has 0 unspecified atom stereocenters. The zero-order valence-electron chi connectivity index (χ0n) is 10.7. The van der Waals surface area contributed by atoms with Gasteiger partial charge in [-0.1, -0.05) is 30.6 Å². The normalized spacial score (nSPS) is 12.5. The summed E-state index contributed by atoms with van der Waals surface area (Å²) in [5, 5.41) is 12.4. The molecule has 1 aromatic rings. The molecule has 0 aromatic heterocycles. The lowest BCUT2D eigenvalue weighted by Gasteiger charge is -2.22. The third-order valence-corrected chi connectivity index (χ3v) is 3.08. The Morgan fingerprint density at radius 3 is 2.56 bits per heavy atom. The lowest BCUT2D eigenvalue weighted by atomic mass is 9.87. The van der Waals surface area contributed by atoms with Crippen LogP contribution in [-0.2, 0) is 0 Å². The van der Waals surface area contributed by atoms with Crippen LogP contribution in [-0.4, -0.2) is 17.6 Å². The van der Waals surface area contributed by atoms with Gasteiger partial charge in [0.15, 0.2) is 0 Å². The molecule has 18 heavy (non-hydrogen) atoms. The number of amidine groups is 1. The van der Waals surface area contributed by atoms with E-state index in [1.165, 1.54) is 0 Å². The Kier molecular flexibility index (Phi) is 5.28. The molecule has 0 fully saturated rings. The molecule has 0 aliphatic rings. The lowest BCUT2D eigenvalue weighted by Crippen LogP contribution is -2.32. The van der Waals surface area contributed by atoms with Gasteiger partial charge in [0, 0.05) is 10.4 Å². The predicted octanol–water partition coefficient (Wildman–Crippen LogP) is 3.27. The number of rotatable bonds is 6. The average molecular weight is 271 g/mol. The van der Waals surface area contributed by atoms with Crippen molar-refractivity contribution in [3.05, 3.63) is 29.3 Å². The summed E-state index contributed by atoms with van der Waals surface area (Å²) in [5.41, 5.74) is 5.28. The summed E-state index contributed by atoms with van der Waals surface area (Å²) >= 11 is 5.78. The Bertz CT molecular complexity index is 402. The Balaban J connectivity index is 2.33. The van der Waals surface area contributed by atoms with E-state index >= 15 is 0 Å². The van der Waals surface area contributed by atoms with Crippen molar-refractivity contribution in [2.45, 2.75) is 26.7 Å². The van der Waals surface area contributed by atoms with Crippen LogP contribution in [0.3, 0.4) is 0 Å². The van der Waals surface area contributed by atoms with E-state index in [-0.39, 0.29) is 11.3 Å². The number of halogens is 1. The molecule has 0 aliphatic carbocycles. The van der Waals surface area contributed by atoms with Crippen molar-refractivity contribution in [3.8, 4) is 5.75 Å². The smallest absolute Gasteiger partial charge is 0.144 e. The maximum atomic E-state index is 8.65. The second-order valence-electron chi connectivity index (χ2n) is 4.78. The first kappa shape index (κ1) is 14.6. The number of nitrogens with zero attached hydrogens (tertiary/aromatic N) is 1. The number of oxime groups is 1. The summed E-state index contributed by atoms with van der Waals surface area (Å²) in [6.07, 6.45) is 1.61. The van der Waals surface area contributed by atoms with Crippen LogP contribution in [0.2, 0.25) is 5.02 Å². The van der Waals surface area contributed by atoms with Crippen molar-refractivity contribution in [2.24, 2.45) is 16.3 Å². The third kappa shape index (κ3) is 4.45. The van der Waals surface area contributed by atoms with E-state index in [0.717, 1.165) is 18.6 Å². The van der Waals surface area contributed by atoms with Crippen molar-refractivity contribution in [2.75, 3.05) is 6.61 Å². The second kappa shape index (κ2) is 6.50. The summed E-state index contributed by atoms with van der Waals surface area (Å²) in [6.45, 7) is 4.46. The number of benzene rings is 1. The van der Waals surface area contributed by atoms with Crippen LogP contribution in [0.1, 0.15) is 26.7 Å². The summed E-state index contributed by atoms with van der Waals surface area (Å²) in [7, 11) is 0. The van der Waals surface area contributed by atoms with Gasteiger partial charge < -0.3 is 15.7 Å². The van der Waals surface area contributed by atoms with Gasteiger partial charge in [-0.3, -0.25) is 0 Å². The van der Waals surface area contributed by atoms with E-state index in [1.807, 2.05) is 26.0 Å². The van der Waals surface area contributed by atoms with Crippen LogP contribution in [0.15, 0.2) is 29.4 Å². The predicted molar refractivity (Wildman–Crippen MR) is 73.4 cm³/mol. The highest BCUT2D eigenvalue weighted by Gasteiger charge is 2.22. The summed E-state index contributed by atoms with van der Waals surface area (Å²) in [6, 6.07) is 7.24. The Morgan fingerprint density at radius 1 is 1.39 bits per heavy atom. The molecule has 0 atom stereocenters. The average Bonchev–Trinajstić information content (AvgIpc) is 2.35. The molecule has 0 aliphatic heterocycles.